The van der Waals surface area contributed by atoms with Crippen molar-refractivity contribution in [3.63, 3.8) is 0 Å². The number of aldehydes is 1. The smallest absolute Gasteiger partial charge is 0.123 e. The van der Waals surface area contributed by atoms with Crippen LogP contribution in [0, 0.1) is 34.5 Å². The zero-order valence-corrected chi connectivity index (χ0v) is 13.5. The van der Waals surface area contributed by atoms with Crippen LogP contribution in [0.15, 0.2) is 23.8 Å². The molecule has 4 aliphatic rings. The van der Waals surface area contributed by atoms with E-state index in [2.05, 4.69) is 32.1 Å². The summed E-state index contributed by atoms with van der Waals surface area (Å²) in [5.41, 5.74) is 2.33. The molecule has 0 N–H and O–H groups in total. The summed E-state index contributed by atoms with van der Waals surface area (Å²) in [5.74, 6) is 2.78. The molecule has 0 spiro atoms. The number of hydrogen-bond donors (Lipinski definition) is 0. The zero-order valence-electron chi connectivity index (χ0n) is 13.5. The number of hydrogen-bond acceptors (Lipinski definition) is 1. The van der Waals surface area contributed by atoms with Crippen molar-refractivity contribution < 1.29 is 4.79 Å². The van der Waals surface area contributed by atoms with Crippen LogP contribution in [0.2, 0.25) is 0 Å². The maximum atomic E-state index is 11.5. The minimum absolute atomic E-state index is 0.304. The Balaban J connectivity index is 1.69. The van der Waals surface area contributed by atoms with Crippen molar-refractivity contribution in [1.29, 1.82) is 0 Å². The summed E-state index contributed by atoms with van der Waals surface area (Å²) in [6.07, 6.45) is 17.5. The highest BCUT2D eigenvalue weighted by molar-refractivity contribution is 5.56. The molecule has 21 heavy (non-hydrogen) atoms. The van der Waals surface area contributed by atoms with Crippen LogP contribution < -0.4 is 0 Å². The SMILES string of the molecule is C[C@]12C=CCC=C1CC[C@@H]1[C@@H]2CC[C@]2(C)C(C=O)CC[C@@H]12. The third-order valence-corrected chi connectivity index (χ3v) is 7.85. The highest BCUT2D eigenvalue weighted by Gasteiger charge is 2.58. The second-order valence-corrected chi connectivity index (χ2v) is 8.43. The molecule has 0 aromatic rings. The van der Waals surface area contributed by atoms with Gasteiger partial charge in [-0.2, -0.15) is 0 Å². The summed E-state index contributed by atoms with van der Waals surface area (Å²) >= 11 is 0. The first kappa shape index (κ1) is 13.8. The number of carbonyl (C=O) groups is 1. The molecule has 0 aromatic heterocycles. The van der Waals surface area contributed by atoms with Crippen molar-refractivity contribution in [1.82, 2.24) is 0 Å². The minimum atomic E-state index is 0.304. The Morgan fingerprint density at radius 2 is 2.00 bits per heavy atom. The van der Waals surface area contributed by atoms with Crippen LogP contribution in [0.1, 0.15) is 58.8 Å². The molecule has 1 unspecified atom stereocenters. The normalized spacial score (nSPS) is 51.6. The summed E-state index contributed by atoms with van der Waals surface area (Å²) in [6.45, 7) is 4.91. The highest BCUT2D eigenvalue weighted by Crippen LogP contribution is 2.65. The van der Waals surface area contributed by atoms with Crippen molar-refractivity contribution >= 4 is 6.29 Å². The molecule has 0 saturated heterocycles. The van der Waals surface area contributed by atoms with E-state index in [1.165, 1.54) is 38.4 Å². The van der Waals surface area contributed by atoms with Crippen LogP contribution in [-0.2, 0) is 4.79 Å². The number of allylic oxidation sites excluding steroid dienone is 4. The molecule has 0 radical (unpaired) electrons. The Kier molecular flexibility index (Phi) is 3.00. The fourth-order valence-corrected chi connectivity index (χ4v) is 6.60. The molecule has 4 aliphatic carbocycles. The van der Waals surface area contributed by atoms with Gasteiger partial charge in [0.15, 0.2) is 0 Å². The van der Waals surface area contributed by atoms with Gasteiger partial charge in [0.05, 0.1) is 0 Å². The molecular weight excluding hydrogens is 256 g/mol. The van der Waals surface area contributed by atoms with Crippen LogP contribution in [0.3, 0.4) is 0 Å². The van der Waals surface area contributed by atoms with Crippen molar-refractivity contribution in [3.8, 4) is 0 Å². The lowest BCUT2D eigenvalue weighted by molar-refractivity contribution is -0.117. The van der Waals surface area contributed by atoms with Crippen LogP contribution in [0.4, 0.5) is 0 Å². The predicted molar refractivity (Wildman–Crippen MR) is 85.8 cm³/mol. The third-order valence-electron chi connectivity index (χ3n) is 7.85. The number of rotatable bonds is 1. The van der Waals surface area contributed by atoms with Gasteiger partial charge in [-0.25, -0.2) is 0 Å². The van der Waals surface area contributed by atoms with Crippen molar-refractivity contribution in [2.24, 2.45) is 34.5 Å². The van der Waals surface area contributed by atoms with Crippen molar-refractivity contribution in [2.45, 2.75) is 58.8 Å². The molecule has 0 heterocycles. The average molecular weight is 284 g/mol. The first-order valence-electron chi connectivity index (χ1n) is 8.92. The van der Waals surface area contributed by atoms with E-state index in [4.69, 9.17) is 0 Å². The Morgan fingerprint density at radius 1 is 1.14 bits per heavy atom. The van der Waals surface area contributed by atoms with Crippen molar-refractivity contribution in [2.75, 3.05) is 0 Å². The quantitative estimate of drug-likeness (QED) is 0.493. The van der Waals surface area contributed by atoms with E-state index >= 15 is 0 Å². The van der Waals surface area contributed by atoms with Crippen LogP contribution in [0.25, 0.3) is 0 Å². The molecule has 0 amide bonds. The van der Waals surface area contributed by atoms with Crippen molar-refractivity contribution in [3.05, 3.63) is 23.8 Å². The second-order valence-electron chi connectivity index (χ2n) is 8.43. The summed E-state index contributed by atoms with van der Waals surface area (Å²) in [4.78, 5) is 11.5. The Labute approximate surface area is 128 Å². The second kappa shape index (κ2) is 4.57. The first-order valence-corrected chi connectivity index (χ1v) is 8.92. The van der Waals surface area contributed by atoms with E-state index in [-0.39, 0.29) is 0 Å². The summed E-state index contributed by atoms with van der Waals surface area (Å²) in [6, 6.07) is 0. The van der Waals surface area contributed by atoms with Gasteiger partial charge >= 0.3 is 0 Å². The van der Waals surface area contributed by atoms with E-state index in [1.807, 2.05) is 0 Å². The molecule has 6 atom stereocenters. The fourth-order valence-electron chi connectivity index (χ4n) is 6.60. The third kappa shape index (κ3) is 1.72. The lowest BCUT2D eigenvalue weighted by atomic mass is 9.48. The molecular formula is C20H28O. The van der Waals surface area contributed by atoms with Crippen LogP contribution in [0.5, 0.6) is 0 Å². The van der Waals surface area contributed by atoms with Gasteiger partial charge in [-0.3, -0.25) is 0 Å². The molecule has 3 fully saturated rings. The molecule has 114 valence electrons. The van der Waals surface area contributed by atoms with Crippen LogP contribution >= 0.6 is 0 Å². The highest BCUT2D eigenvalue weighted by atomic mass is 16.1. The molecule has 0 bridgehead atoms. The summed E-state index contributed by atoms with van der Waals surface area (Å²) < 4.78 is 0. The van der Waals surface area contributed by atoms with E-state index in [0.717, 1.165) is 30.6 Å². The Hall–Kier alpha value is -0.850. The van der Waals surface area contributed by atoms with Gasteiger partial charge in [0.2, 0.25) is 0 Å². The van der Waals surface area contributed by atoms with Gasteiger partial charge in [-0.1, -0.05) is 37.6 Å². The fraction of sp³-hybridized carbons (Fsp3) is 0.750. The number of carbonyl (C=O) groups excluding carboxylic acids is 1. The van der Waals surface area contributed by atoms with E-state index < -0.39 is 0 Å². The van der Waals surface area contributed by atoms with Crippen LogP contribution in [-0.4, -0.2) is 6.29 Å². The molecule has 0 aliphatic heterocycles. The standard InChI is InChI=1S/C20H28O/c1-19-11-4-3-5-14(19)6-8-16-17-9-7-15(13-21)20(17,2)12-10-18(16)19/h4-5,11,13,15-18H,3,6-10,12H2,1-2H3/t15?,16-,17-,18-,19-,20+/m0/s1. The van der Waals surface area contributed by atoms with Gasteiger partial charge in [-0.05, 0) is 68.1 Å². The topological polar surface area (TPSA) is 17.1 Å². The zero-order chi connectivity index (χ0) is 14.7. The van der Waals surface area contributed by atoms with Gasteiger partial charge in [0, 0.05) is 11.3 Å². The van der Waals surface area contributed by atoms with Gasteiger partial charge in [-0.15, -0.1) is 0 Å². The maximum absolute atomic E-state index is 11.5. The predicted octanol–water partition coefficient (Wildman–Crippen LogP) is 4.93. The summed E-state index contributed by atoms with van der Waals surface area (Å²) in [5, 5.41) is 0. The molecule has 1 nitrogen and oxygen atoms in total. The molecule has 3 saturated carbocycles. The van der Waals surface area contributed by atoms with Gasteiger partial charge in [0.1, 0.15) is 6.29 Å². The Morgan fingerprint density at radius 3 is 2.81 bits per heavy atom. The molecule has 4 rings (SSSR count). The van der Waals surface area contributed by atoms with E-state index in [0.29, 0.717) is 16.7 Å². The molecule has 1 heteroatoms. The monoisotopic (exact) mass is 284 g/mol. The summed E-state index contributed by atoms with van der Waals surface area (Å²) in [7, 11) is 0. The van der Waals surface area contributed by atoms with Gasteiger partial charge < -0.3 is 4.79 Å². The number of fused-ring (bicyclic) bond motifs is 5. The average Bonchev–Trinajstić information content (AvgIpc) is 2.83. The first-order chi connectivity index (χ1) is 10.1. The lowest BCUT2D eigenvalue weighted by Crippen LogP contribution is -2.49. The van der Waals surface area contributed by atoms with E-state index in [1.54, 1.807) is 5.57 Å². The largest absolute Gasteiger partial charge is 0.303 e. The maximum Gasteiger partial charge on any atom is 0.123 e. The van der Waals surface area contributed by atoms with Gasteiger partial charge in [0.25, 0.3) is 0 Å². The minimum Gasteiger partial charge on any atom is -0.303 e. The Bertz CT molecular complexity index is 516. The van der Waals surface area contributed by atoms with E-state index in [9.17, 15) is 4.79 Å². The molecule has 0 aromatic carbocycles. The lowest BCUT2D eigenvalue weighted by Gasteiger charge is -2.56.